The van der Waals surface area contributed by atoms with Crippen molar-refractivity contribution in [2.24, 2.45) is 17.5 Å². The number of nitrogens with zero attached hydrogens (tertiary/aromatic N) is 1. The fourth-order valence-corrected chi connectivity index (χ4v) is 0.223. The maximum Gasteiger partial charge on any atom is 0.102 e. The van der Waals surface area contributed by atoms with Gasteiger partial charge in [-0.05, 0) is 0 Å². The van der Waals surface area contributed by atoms with Crippen LogP contribution in [0, 0.1) is 5.21 Å². The lowest BCUT2D eigenvalue weighted by molar-refractivity contribution is -1.34. The third kappa shape index (κ3) is 5.72. The minimum absolute atomic E-state index is 0.627. The van der Waals surface area contributed by atoms with Crippen LogP contribution >= 0.6 is 0 Å². The Morgan fingerprint density at radius 3 is 1.88 bits per heavy atom. The van der Waals surface area contributed by atoms with Crippen molar-refractivity contribution in [3.8, 4) is 0 Å². The van der Waals surface area contributed by atoms with E-state index in [1.807, 2.05) is 0 Å². The summed E-state index contributed by atoms with van der Waals surface area (Å²) >= 11 is 0. The van der Waals surface area contributed by atoms with Crippen LogP contribution in [-0.2, 0) is 4.94 Å². The summed E-state index contributed by atoms with van der Waals surface area (Å²) in [6.45, 7) is 0. The summed E-state index contributed by atoms with van der Waals surface area (Å²) in [4.78, 5) is 2.80. The second-order valence-corrected chi connectivity index (χ2v) is 1.35. The van der Waals surface area contributed by atoms with Gasteiger partial charge in [0.25, 0.3) is 0 Å². The second-order valence-electron chi connectivity index (χ2n) is 1.35. The number of nitrogens with two attached hydrogens (primary N) is 3. The first-order valence-electron chi connectivity index (χ1n) is 1.87. The molecule has 0 aliphatic rings. The van der Waals surface area contributed by atoms with Crippen molar-refractivity contribution in [3.63, 3.8) is 0 Å². The van der Waals surface area contributed by atoms with Crippen molar-refractivity contribution >= 4 is 0 Å². The fourth-order valence-electron chi connectivity index (χ4n) is 0.223. The van der Waals surface area contributed by atoms with Crippen LogP contribution in [0.1, 0.15) is 0 Å². The Morgan fingerprint density at radius 1 is 1.50 bits per heavy atom. The summed E-state index contributed by atoms with van der Waals surface area (Å²) in [5.41, 5.74) is 0. The average Bonchev–Trinajstić information content (AvgIpc) is 1.21. The molecule has 50 valence electrons. The van der Waals surface area contributed by atoms with Gasteiger partial charge in [0.15, 0.2) is 0 Å². The van der Waals surface area contributed by atoms with Crippen molar-refractivity contribution in [2.75, 3.05) is 7.05 Å². The number of quaternary nitrogens is 2. The molecule has 0 saturated carbocycles. The largest absolute Gasteiger partial charge is 0.595 e. The Balaban J connectivity index is 3.39. The van der Waals surface area contributed by atoms with E-state index in [1.54, 1.807) is 0 Å². The maximum atomic E-state index is 9.98. The zero-order valence-electron chi connectivity index (χ0n) is 4.50. The van der Waals surface area contributed by atoms with Gasteiger partial charge in [0.2, 0.25) is 0 Å². The summed E-state index contributed by atoms with van der Waals surface area (Å²) < 4.78 is 0. The first-order valence-corrected chi connectivity index (χ1v) is 1.87. The summed E-state index contributed by atoms with van der Waals surface area (Å²) in [5.74, 6) is 14.4. The highest BCUT2D eigenvalue weighted by Crippen LogP contribution is 1.61. The number of rotatable bonds is 2. The van der Waals surface area contributed by atoms with Gasteiger partial charge >= 0.3 is 0 Å². The predicted octanol–water partition coefficient (Wildman–Crippen LogP) is -3.72. The SMILES string of the molecule is C[NH+]([O-])O[N+](N)(N)N. The molecule has 0 aromatic carbocycles. The molecule has 0 aliphatic heterocycles. The third-order valence-corrected chi connectivity index (χ3v) is 0.287. The molecular formula is CH10N5O2+. The highest BCUT2D eigenvalue weighted by Gasteiger charge is 2.14. The zero-order valence-corrected chi connectivity index (χ0v) is 4.50. The second kappa shape index (κ2) is 2.33. The summed E-state index contributed by atoms with van der Waals surface area (Å²) in [7, 11) is 1.15. The van der Waals surface area contributed by atoms with E-state index >= 15 is 0 Å². The Labute approximate surface area is 46.2 Å². The van der Waals surface area contributed by atoms with E-state index in [4.69, 9.17) is 17.5 Å². The van der Waals surface area contributed by atoms with Crippen molar-refractivity contribution in [2.45, 2.75) is 0 Å². The van der Waals surface area contributed by atoms with Crippen molar-refractivity contribution in [1.29, 1.82) is 0 Å². The van der Waals surface area contributed by atoms with Gasteiger partial charge in [-0.3, -0.25) is 0 Å². The van der Waals surface area contributed by atoms with E-state index in [1.165, 1.54) is 0 Å². The summed E-state index contributed by atoms with van der Waals surface area (Å²) in [6, 6.07) is 0. The lowest BCUT2D eigenvalue weighted by Gasteiger charge is -2.18. The minimum atomic E-state index is -1.27. The number of hydroxylamine groups is 2. The van der Waals surface area contributed by atoms with E-state index in [2.05, 4.69) is 4.94 Å². The van der Waals surface area contributed by atoms with Gasteiger partial charge in [0.05, 0.1) is 9.91 Å². The topological polar surface area (TPSA) is 115 Å². The van der Waals surface area contributed by atoms with Gasteiger partial charge in [-0.1, -0.05) is 0 Å². The molecule has 0 saturated heterocycles. The molecule has 1 atom stereocenters. The summed E-state index contributed by atoms with van der Waals surface area (Å²) in [6.07, 6.45) is 0. The van der Waals surface area contributed by atoms with Gasteiger partial charge in [0.1, 0.15) is 7.05 Å². The molecule has 0 rings (SSSR count). The van der Waals surface area contributed by atoms with Crippen molar-refractivity contribution in [3.05, 3.63) is 5.21 Å². The van der Waals surface area contributed by atoms with E-state index in [9.17, 15) is 5.21 Å². The molecule has 0 aromatic rings. The van der Waals surface area contributed by atoms with Crippen LogP contribution in [0.15, 0.2) is 0 Å². The fraction of sp³-hybridized carbons (Fsp3) is 1.00. The third-order valence-electron chi connectivity index (χ3n) is 0.287. The highest BCUT2D eigenvalue weighted by atomic mass is 17.0. The van der Waals surface area contributed by atoms with Crippen LogP contribution in [0.2, 0.25) is 0 Å². The van der Waals surface area contributed by atoms with Crippen LogP contribution in [-0.4, -0.2) is 12.0 Å². The van der Waals surface area contributed by atoms with Crippen LogP contribution in [0.25, 0.3) is 0 Å². The average molecular weight is 124 g/mol. The van der Waals surface area contributed by atoms with Crippen LogP contribution in [0.3, 0.4) is 0 Å². The van der Waals surface area contributed by atoms with E-state index in [0.717, 1.165) is 7.05 Å². The zero-order chi connectivity index (χ0) is 6.78. The Kier molecular flexibility index (Phi) is 2.25. The van der Waals surface area contributed by atoms with Gasteiger partial charge in [0, 0.05) is 0 Å². The lowest BCUT2D eigenvalue weighted by atomic mass is 11.5. The molecule has 0 aromatic heterocycles. The molecule has 0 spiro atoms. The molecule has 1 unspecified atom stereocenters. The first kappa shape index (κ1) is 7.72. The molecular weight excluding hydrogens is 114 g/mol. The monoisotopic (exact) mass is 124 g/mol. The lowest BCUT2D eigenvalue weighted by Crippen LogP contribution is -3.07. The number of nitrogens with one attached hydrogen (secondary N) is 1. The molecule has 7 nitrogen and oxygen atoms in total. The van der Waals surface area contributed by atoms with Crippen LogP contribution in [0.5, 0.6) is 0 Å². The van der Waals surface area contributed by atoms with Crippen molar-refractivity contribution < 1.29 is 15.1 Å². The van der Waals surface area contributed by atoms with Gasteiger partial charge in [-0.25, -0.2) is 0 Å². The summed E-state index contributed by atoms with van der Waals surface area (Å²) in [5, 5.41) is 9.35. The molecule has 0 bridgehead atoms. The first-order chi connectivity index (χ1) is 3.42. The van der Waals surface area contributed by atoms with Crippen LogP contribution in [0.4, 0.5) is 0 Å². The molecule has 0 fully saturated rings. The molecule has 7 heteroatoms. The maximum absolute atomic E-state index is 9.98. The predicted molar refractivity (Wildman–Crippen MR) is 24.2 cm³/mol. The molecule has 8 heavy (non-hydrogen) atoms. The van der Waals surface area contributed by atoms with Gasteiger partial charge < -0.3 is 5.21 Å². The normalized spacial score (nSPS) is 16.1. The Bertz CT molecular complexity index is 65.3. The Morgan fingerprint density at radius 2 is 1.88 bits per heavy atom. The van der Waals surface area contributed by atoms with Gasteiger partial charge in [-0.2, -0.15) is 5.23 Å². The standard InChI is InChI=1S/CH10N5O2/c1-5(7)8-6(2,3)4/h5H,2-4H2,1H3/q+1. The van der Waals surface area contributed by atoms with Crippen molar-refractivity contribution in [1.82, 2.24) is 0 Å². The van der Waals surface area contributed by atoms with Gasteiger partial charge in [-0.15, -0.1) is 17.5 Å². The Hall–Kier alpha value is -0.280. The van der Waals surface area contributed by atoms with Crippen LogP contribution < -0.4 is 22.8 Å². The molecule has 0 aliphatic carbocycles. The number of hydrogen-bond donors (Lipinski definition) is 4. The smallest absolute Gasteiger partial charge is 0.102 e. The highest BCUT2D eigenvalue weighted by molar-refractivity contribution is 3.79. The molecule has 0 radical (unpaired) electrons. The van der Waals surface area contributed by atoms with E-state index in [0.29, 0.717) is 0 Å². The molecule has 0 amide bonds. The quantitative estimate of drug-likeness (QED) is 0.172. The molecule has 0 heterocycles. The number of hydrogen-bond acceptors (Lipinski definition) is 5. The molecule has 7 N–H and O–H groups in total. The van der Waals surface area contributed by atoms with E-state index in [-0.39, 0.29) is 0 Å². The van der Waals surface area contributed by atoms with E-state index < -0.39 is 10.2 Å². The minimum Gasteiger partial charge on any atom is -0.595 e.